The Hall–Kier alpha value is -3.40. The Labute approximate surface area is 162 Å². The van der Waals surface area contributed by atoms with Crippen LogP contribution in [0.5, 0.6) is 0 Å². The predicted octanol–water partition coefficient (Wildman–Crippen LogP) is 5.40. The topological polar surface area (TPSA) is 76.7 Å². The fourth-order valence-electron chi connectivity index (χ4n) is 3.08. The highest BCUT2D eigenvalue weighted by Crippen LogP contribution is 2.37. The number of hydrogen-bond donors (Lipinski definition) is 0. The van der Waals surface area contributed by atoms with E-state index in [1.807, 2.05) is 20.8 Å². The average molecular weight is 376 g/mol. The van der Waals surface area contributed by atoms with Crippen molar-refractivity contribution in [2.24, 2.45) is 5.11 Å². The summed E-state index contributed by atoms with van der Waals surface area (Å²) in [7, 11) is 0. The molecule has 2 aromatic rings. The second kappa shape index (κ2) is 6.72. The standard InChI is InChI=1S/C19H16N6OS/c1-12-11-15(9-10-16(12)21-4)24-17(26)19(2,3)25(18(24)27)14-7-5-13(6-8-14)22-23-20/h5-11H,1-3H3. The fraction of sp³-hybridized carbons (Fsp3) is 0.211. The molecule has 0 N–H and O–H groups in total. The van der Waals surface area contributed by atoms with Crippen LogP contribution >= 0.6 is 12.2 Å². The molecule has 0 bridgehead atoms. The molecule has 27 heavy (non-hydrogen) atoms. The molecule has 1 aliphatic heterocycles. The summed E-state index contributed by atoms with van der Waals surface area (Å²) >= 11 is 5.63. The van der Waals surface area contributed by atoms with E-state index in [-0.39, 0.29) is 5.91 Å². The van der Waals surface area contributed by atoms with E-state index in [0.717, 1.165) is 11.3 Å². The van der Waals surface area contributed by atoms with Gasteiger partial charge in [0.25, 0.3) is 5.91 Å². The van der Waals surface area contributed by atoms with Gasteiger partial charge in [-0.1, -0.05) is 23.3 Å². The van der Waals surface area contributed by atoms with Gasteiger partial charge in [0.05, 0.1) is 6.57 Å². The van der Waals surface area contributed by atoms with E-state index in [9.17, 15) is 4.79 Å². The smallest absolute Gasteiger partial charge is 0.259 e. The predicted molar refractivity (Wildman–Crippen MR) is 109 cm³/mol. The zero-order valence-corrected chi connectivity index (χ0v) is 15.9. The molecule has 8 heteroatoms. The van der Waals surface area contributed by atoms with Crippen molar-refractivity contribution in [2.75, 3.05) is 9.80 Å². The number of amides is 1. The van der Waals surface area contributed by atoms with E-state index in [1.54, 1.807) is 47.4 Å². The van der Waals surface area contributed by atoms with Gasteiger partial charge in [0, 0.05) is 22.0 Å². The molecule has 1 heterocycles. The van der Waals surface area contributed by atoms with E-state index in [1.165, 1.54) is 4.90 Å². The lowest BCUT2D eigenvalue weighted by atomic mass is 10.0. The third-order valence-corrected chi connectivity index (χ3v) is 4.86. The molecule has 0 saturated carbocycles. The molecule has 1 fully saturated rings. The SMILES string of the molecule is [C-]#[N+]c1ccc(N2C(=O)C(C)(C)N(c3ccc(N=[N+]=[N-])cc3)C2=S)cc1C. The molecule has 3 rings (SSSR count). The molecule has 0 radical (unpaired) electrons. The minimum absolute atomic E-state index is 0.151. The first kappa shape index (κ1) is 18.4. The monoisotopic (exact) mass is 376 g/mol. The molecule has 0 spiro atoms. The van der Waals surface area contributed by atoms with Crippen molar-refractivity contribution < 1.29 is 4.79 Å². The summed E-state index contributed by atoms with van der Waals surface area (Å²) in [6, 6.07) is 12.1. The van der Waals surface area contributed by atoms with Crippen molar-refractivity contribution in [3.63, 3.8) is 0 Å². The number of anilines is 2. The first-order valence-electron chi connectivity index (χ1n) is 8.13. The summed E-state index contributed by atoms with van der Waals surface area (Å²) in [5.74, 6) is -0.151. The maximum atomic E-state index is 13.1. The van der Waals surface area contributed by atoms with Crippen molar-refractivity contribution in [1.29, 1.82) is 0 Å². The van der Waals surface area contributed by atoms with Gasteiger partial charge in [-0.2, -0.15) is 0 Å². The Balaban J connectivity index is 2.04. The maximum Gasteiger partial charge on any atom is 0.259 e. The molecule has 0 aromatic heterocycles. The molecular weight excluding hydrogens is 360 g/mol. The van der Waals surface area contributed by atoms with Crippen LogP contribution in [0.4, 0.5) is 22.7 Å². The van der Waals surface area contributed by atoms with Crippen LogP contribution in [-0.4, -0.2) is 16.6 Å². The van der Waals surface area contributed by atoms with Crippen molar-refractivity contribution in [3.05, 3.63) is 69.9 Å². The molecule has 1 aliphatic rings. The Bertz CT molecular complexity index is 1030. The summed E-state index contributed by atoms with van der Waals surface area (Å²) in [5.41, 5.74) is 10.8. The molecule has 0 aliphatic carbocycles. The number of nitrogens with zero attached hydrogens (tertiary/aromatic N) is 6. The van der Waals surface area contributed by atoms with Gasteiger partial charge in [0.2, 0.25) is 0 Å². The zero-order chi connectivity index (χ0) is 19.8. The van der Waals surface area contributed by atoms with E-state index in [4.69, 9.17) is 24.3 Å². The van der Waals surface area contributed by atoms with Gasteiger partial charge in [0.15, 0.2) is 10.8 Å². The third-order valence-electron chi connectivity index (χ3n) is 4.50. The van der Waals surface area contributed by atoms with Crippen molar-refractivity contribution in [2.45, 2.75) is 26.3 Å². The fourth-order valence-corrected chi connectivity index (χ4v) is 3.60. The Morgan fingerprint density at radius 3 is 2.33 bits per heavy atom. The van der Waals surface area contributed by atoms with Crippen LogP contribution in [0, 0.1) is 13.5 Å². The summed E-state index contributed by atoms with van der Waals surface area (Å²) in [6.45, 7) is 12.6. The normalized spacial score (nSPS) is 15.5. The molecule has 2 aromatic carbocycles. The van der Waals surface area contributed by atoms with Gasteiger partial charge in [-0.15, -0.1) is 0 Å². The first-order chi connectivity index (χ1) is 12.8. The molecule has 7 nitrogen and oxygen atoms in total. The summed E-state index contributed by atoms with van der Waals surface area (Å²) in [4.78, 5) is 22.6. The number of carbonyl (C=O) groups is 1. The van der Waals surface area contributed by atoms with Crippen LogP contribution in [0.25, 0.3) is 15.3 Å². The largest absolute Gasteiger partial charge is 0.304 e. The number of azide groups is 1. The zero-order valence-electron chi connectivity index (χ0n) is 15.0. The minimum Gasteiger partial charge on any atom is -0.304 e. The van der Waals surface area contributed by atoms with Crippen molar-refractivity contribution >= 4 is 46.0 Å². The van der Waals surface area contributed by atoms with E-state index in [0.29, 0.717) is 22.2 Å². The lowest BCUT2D eigenvalue weighted by Crippen LogP contribution is -2.44. The minimum atomic E-state index is -0.885. The number of aryl methyl sites for hydroxylation is 1. The molecule has 134 valence electrons. The van der Waals surface area contributed by atoms with Crippen LogP contribution < -0.4 is 9.80 Å². The van der Waals surface area contributed by atoms with Crippen molar-refractivity contribution in [3.8, 4) is 0 Å². The number of hydrogen-bond acceptors (Lipinski definition) is 3. The lowest BCUT2D eigenvalue weighted by molar-refractivity contribution is -0.120. The summed E-state index contributed by atoms with van der Waals surface area (Å²) in [5, 5.41) is 3.92. The van der Waals surface area contributed by atoms with Crippen LogP contribution in [0.1, 0.15) is 19.4 Å². The lowest BCUT2D eigenvalue weighted by Gasteiger charge is -2.29. The van der Waals surface area contributed by atoms with E-state index >= 15 is 0 Å². The number of thiocarbonyl (C=S) groups is 1. The van der Waals surface area contributed by atoms with Gasteiger partial charge in [0.1, 0.15) is 5.54 Å². The number of carbonyl (C=O) groups excluding carboxylic acids is 1. The van der Waals surface area contributed by atoms with Crippen molar-refractivity contribution in [1.82, 2.24) is 0 Å². The Morgan fingerprint density at radius 2 is 1.78 bits per heavy atom. The molecule has 0 atom stereocenters. The highest BCUT2D eigenvalue weighted by atomic mass is 32.1. The van der Waals surface area contributed by atoms with Crippen LogP contribution in [0.3, 0.4) is 0 Å². The van der Waals surface area contributed by atoms with Gasteiger partial charge >= 0.3 is 0 Å². The molecule has 0 unspecified atom stereocenters. The van der Waals surface area contributed by atoms with E-state index < -0.39 is 5.54 Å². The van der Waals surface area contributed by atoms with Gasteiger partial charge < -0.3 is 4.90 Å². The van der Waals surface area contributed by atoms with Crippen LogP contribution in [0.2, 0.25) is 0 Å². The molecule has 1 saturated heterocycles. The first-order valence-corrected chi connectivity index (χ1v) is 8.54. The third kappa shape index (κ3) is 2.99. The van der Waals surface area contributed by atoms with Gasteiger partial charge in [-0.05, 0) is 68.3 Å². The summed E-state index contributed by atoms with van der Waals surface area (Å²) in [6.07, 6.45) is 0. The summed E-state index contributed by atoms with van der Waals surface area (Å²) < 4.78 is 0. The van der Waals surface area contributed by atoms with Crippen LogP contribution in [0.15, 0.2) is 47.6 Å². The van der Waals surface area contributed by atoms with Gasteiger partial charge in [-0.3, -0.25) is 9.69 Å². The quantitative estimate of drug-likeness (QED) is 0.236. The Kier molecular flexibility index (Phi) is 4.58. The molecule has 1 amide bonds. The molecular formula is C19H16N6OS. The second-order valence-electron chi connectivity index (χ2n) is 6.61. The van der Waals surface area contributed by atoms with Crippen LogP contribution in [-0.2, 0) is 4.79 Å². The Morgan fingerprint density at radius 1 is 1.15 bits per heavy atom. The number of benzene rings is 2. The average Bonchev–Trinajstić information content (AvgIpc) is 2.81. The van der Waals surface area contributed by atoms with E-state index in [2.05, 4.69) is 14.9 Å². The maximum absolute atomic E-state index is 13.1. The highest BCUT2D eigenvalue weighted by Gasteiger charge is 2.50. The highest BCUT2D eigenvalue weighted by molar-refractivity contribution is 7.81. The van der Waals surface area contributed by atoms with Gasteiger partial charge in [-0.25, -0.2) is 4.85 Å². The second-order valence-corrected chi connectivity index (χ2v) is 6.97. The number of rotatable bonds is 3.